The monoisotopic (exact) mass is 190 g/mol. The van der Waals surface area contributed by atoms with E-state index in [9.17, 15) is 4.39 Å². The van der Waals surface area contributed by atoms with Crippen molar-refractivity contribution < 1.29 is 4.39 Å². The molecule has 3 heteroatoms. The van der Waals surface area contributed by atoms with Gasteiger partial charge in [-0.2, -0.15) is 0 Å². The van der Waals surface area contributed by atoms with Crippen LogP contribution >= 0.6 is 0 Å². The summed E-state index contributed by atoms with van der Waals surface area (Å²) in [5, 5.41) is 6.31. The van der Waals surface area contributed by atoms with Crippen LogP contribution in [0.1, 0.15) is 12.5 Å². The van der Waals surface area contributed by atoms with Crippen molar-refractivity contribution in [2.45, 2.75) is 12.3 Å². The molecule has 72 valence electrons. The Morgan fingerprint density at radius 3 is 3.00 bits per heavy atom. The van der Waals surface area contributed by atoms with Crippen LogP contribution in [0, 0.1) is 5.82 Å². The van der Waals surface area contributed by atoms with E-state index in [1.54, 1.807) is 12.1 Å². The molecule has 0 amide bonds. The average Bonchev–Trinajstić information content (AvgIpc) is 2.45. The first-order chi connectivity index (χ1) is 6.69. The largest absolute Gasteiger partial charge is 0.383 e. The van der Waals surface area contributed by atoms with Crippen LogP contribution < -0.4 is 10.6 Å². The zero-order chi connectivity index (χ0) is 9.76. The fraction of sp³-hybridized carbons (Fsp3) is 0.273. The molecule has 3 rings (SSSR count). The molecule has 0 aliphatic carbocycles. The second-order valence-electron chi connectivity index (χ2n) is 4.12. The van der Waals surface area contributed by atoms with E-state index in [-0.39, 0.29) is 11.2 Å². The molecule has 0 saturated heterocycles. The van der Waals surface area contributed by atoms with E-state index in [4.69, 9.17) is 0 Å². The minimum Gasteiger partial charge on any atom is -0.383 e. The number of hydrogen-bond donors (Lipinski definition) is 2. The van der Waals surface area contributed by atoms with Gasteiger partial charge in [0.25, 0.3) is 0 Å². The second-order valence-corrected chi connectivity index (χ2v) is 4.12. The molecule has 1 unspecified atom stereocenters. The van der Waals surface area contributed by atoms with Crippen molar-refractivity contribution in [3.05, 3.63) is 35.8 Å². The standard InChI is InChI=1S/C11H11FN2/c1-11-2-3-13-8-4-7(12)5-9(10(8)11)14-6-11/h2-5,13-14H,6H2,1H3. The maximum absolute atomic E-state index is 13.2. The Morgan fingerprint density at radius 1 is 1.36 bits per heavy atom. The zero-order valence-electron chi connectivity index (χ0n) is 7.89. The topological polar surface area (TPSA) is 24.1 Å². The summed E-state index contributed by atoms with van der Waals surface area (Å²) in [6.45, 7) is 3.00. The summed E-state index contributed by atoms with van der Waals surface area (Å²) in [4.78, 5) is 0. The van der Waals surface area contributed by atoms with Gasteiger partial charge in [-0.3, -0.25) is 0 Å². The van der Waals surface area contributed by atoms with Crippen molar-refractivity contribution in [2.75, 3.05) is 17.2 Å². The lowest BCUT2D eigenvalue weighted by atomic mass is 9.82. The van der Waals surface area contributed by atoms with Crippen LogP contribution in [0.4, 0.5) is 15.8 Å². The molecular weight excluding hydrogens is 179 g/mol. The van der Waals surface area contributed by atoms with Crippen molar-refractivity contribution in [1.82, 2.24) is 0 Å². The average molecular weight is 190 g/mol. The molecule has 0 spiro atoms. The van der Waals surface area contributed by atoms with Gasteiger partial charge >= 0.3 is 0 Å². The SMILES string of the molecule is CC12C=CNc3cc(F)cc(c31)NC2. The quantitative estimate of drug-likeness (QED) is 0.656. The van der Waals surface area contributed by atoms with Gasteiger partial charge in [0.1, 0.15) is 5.82 Å². The summed E-state index contributed by atoms with van der Waals surface area (Å²) in [7, 11) is 0. The lowest BCUT2D eigenvalue weighted by Gasteiger charge is -2.26. The van der Waals surface area contributed by atoms with Gasteiger partial charge in [-0.15, -0.1) is 0 Å². The highest BCUT2D eigenvalue weighted by Crippen LogP contribution is 2.44. The first-order valence-corrected chi connectivity index (χ1v) is 4.71. The minimum absolute atomic E-state index is 0.0175. The molecule has 0 aromatic heterocycles. The summed E-state index contributed by atoms with van der Waals surface area (Å²) in [5.41, 5.74) is 3.00. The maximum atomic E-state index is 13.2. The molecule has 2 aliphatic rings. The van der Waals surface area contributed by atoms with Gasteiger partial charge in [-0.25, -0.2) is 4.39 Å². The van der Waals surface area contributed by atoms with Crippen molar-refractivity contribution >= 4 is 11.4 Å². The molecule has 0 bridgehead atoms. The summed E-state index contributed by atoms with van der Waals surface area (Å²) < 4.78 is 13.2. The van der Waals surface area contributed by atoms with E-state index in [0.717, 1.165) is 17.9 Å². The molecule has 14 heavy (non-hydrogen) atoms. The van der Waals surface area contributed by atoms with Crippen LogP contribution in [0.5, 0.6) is 0 Å². The summed E-state index contributed by atoms with van der Waals surface area (Å²) >= 11 is 0. The Kier molecular flexibility index (Phi) is 1.29. The number of hydrogen-bond acceptors (Lipinski definition) is 2. The zero-order valence-corrected chi connectivity index (χ0v) is 7.89. The van der Waals surface area contributed by atoms with E-state index in [1.165, 1.54) is 5.56 Å². The van der Waals surface area contributed by atoms with E-state index in [2.05, 4.69) is 23.6 Å². The molecule has 2 nitrogen and oxygen atoms in total. The van der Waals surface area contributed by atoms with Crippen LogP contribution in [0.2, 0.25) is 0 Å². The van der Waals surface area contributed by atoms with Gasteiger partial charge in [0, 0.05) is 28.9 Å². The van der Waals surface area contributed by atoms with Crippen molar-refractivity contribution in [1.29, 1.82) is 0 Å². The normalized spacial score (nSPS) is 26.7. The second kappa shape index (κ2) is 2.29. The number of nitrogens with one attached hydrogen (secondary N) is 2. The molecule has 2 N–H and O–H groups in total. The van der Waals surface area contributed by atoms with Gasteiger partial charge in [-0.05, 0) is 18.3 Å². The van der Waals surface area contributed by atoms with Crippen LogP contribution in [0.15, 0.2) is 24.4 Å². The van der Waals surface area contributed by atoms with Gasteiger partial charge in [-0.1, -0.05) is 13.0 Å². The molecule has 1 aromatic rings. The fourth-order valence-electron chi connectivity index (χ4n) is 2.30. The maximum Gasteiger partial charge on any atom is 0.127 e. The van der Waals surface area contributed by atoms with E-state index < -0.39 is 0 Å². The van der Waals surface area contributed by atoms with E-state index in [0.29, 0.717) is 0 Å². The Bertz CT molecular complexity index is 439. The number of rotatable bonds is 0. The van der Waals surface area contributed by atoms with Crippen LogP contribution in [-0.4, -0.2) is 6.54 Å². The third-order valence-corrected chi connectivity index (χ3v) is 3.01. The molecule has 0 radical (unpaired) electrons. The highest BCUT2D eigenvalue weighted by atomic mass is 19.1. The van der Waals surface area contributed by atoms with E-state index in [1.807, 2.05) is 6.20 Å². The molecular formula is C11H11FN2. The molecule has 0 fully saturated rings. The third kappa shape index (κ3) is 0.842. The minimum atomic E-state index is -0.196. The Morgan fingerprint density at radius 2 is 2.14 bits per heavy atom. The Balaban J connectivity index is 2.32. The molecule has 1 aromatic carbocycles. The number of anilines is 2. The summed E-state index contributed by atoms with van der Waals surface area (Å²) in [5.74, 6) is -0.196. The van der Waals surface area contributed by atoms with Crippen molar-refractivity contribution in [2.24, 2.45) is 0 Å². The molecule has 1 atom stereocenters. The number of benzene rings is 1. The van der Waals surface area contributed by atoms with Crippen LogP contribution in [0.25, 0.3) is 0 Å². The lowest BCUT2D eigenvalue weighted by Crippen LogP contribution is -2.24. The summed E-state index contributed by atoms with van der Waals surface area (Å²) in [6, 6.07) is 3.11. The van der Waals surface area contributed by atoms with Crippen LogP contribution in [-0.2, 0) is 5.41 Å². The first-order valence-electron chi connectivity index (χ1n) is 4.71. The smallest absolute Gasteiger partial charge is 0.127 e. The highest BCUT2D eigenvalue weighted by Gasteiger charge is 2.36. The number of halogens is 1. The Labute approximate surface area is 81.8 Å². The predicted octanol–water partition coefficient (Wildman–Crippen LogP) is 2.45. The third-order valence-electron chi connectivity index (χ3n) is 3.01. The first kappa shape index (κ1) is 7.85. The lowest BCUT2D eigenvalue weighted by molar-refractivity contribution is 0.625. The van der Waals surface area contributed by atoms with Gasteiger partial charge in [0.2, 0.25) is 0 Å². The van der Waals surface area contributed by atoms with Crippen molar-refractivity contribution in [3.63, 3.8) is 0 Å². The fourth-order valence-corrected chi connectivity index (χ4v) is 2.30. The molecule has 0 saturated carbocycles. The summed E-state index contributed by atoms with van der Waals surface area (Å²) in [6.07, 6.45) is 4.01. The van der Waals surface area contributed by atoms with Gasteiger partial charge < -0.3 is 10.6 Å². The Hall–Kier alpha value is -1.51. The van der Waals surface area contributed by atoms with Crippen LogP contribution in [0.3, 0.4) is 0 Å². The van der Waals surface area contributed by atoms with Gasteiger partial charge in [0.15, 0.2) is 0 Å². The van der Waals surface area contributed by atoms with Gasteiger partial charge in [0.05, 0.1) is 0 Å². The predicted molar refractivity (Wildman–Crippen MR) is 55.0 cm³/mol. The molecule has 2 aliphatic heterocycles. The highest BCUT2D eigenvalue weighted by molar-refractivity contribution is 5.75. The molecule has 2 heterocycles. The van der Waals surface area contributed by atoms with E-state index >= 15 is 0 Å². The van der Waals surface area contributed by atoms with Crippen molar-refractivity contribution in [3.8, 4) is 0 Å².